The number of pyridine rings is 1. The van der Waals surface area contributed by atoms with E-state index < -0.39 is 6.16 Å². The Morgan fingerprint density at radius 1 is 1.15 bits per heavy atom. The first-order chi connectivity index (χ1) is 12.8. The number of aromatic nitrogens is 3. The minimum atomic E-state index is -0.770. The molecule has 0 radical (unpaired) electrons. The van der Waals surface area contributed by atoms with E-state index in [0.717, 1.165) is 38.5 Å². The first kappa shape index (κ1) is 17.3. The van der Waals surface area contributed by atoms with Crippen LogP contribution in [0.4, 0.5) is 4.79 Å². The van der Waals surface area contributed by atoms with E-state index >= 15 is 0 Å². The predicted molar refractivity (Wildman–Crippen MR) is 102 cm³/mol. The van der Waals surface area contributed by atoms with Gasteiger partial charge in [0, 0.05) is 27.8 Å². The number of nitrogens with one attached hydrogen (secondary N) is 1. The van der Waals surface area contributed by atoms with Crippen molar-refractivity contribution in [2.24, 2.45) is 0 Å². The molecule has 4 aromatic rings. The fourth-order valence-corrected chi connectivity index (χ4v) is 3.17. The summed E-state index contributed by atoms with van der Waals surface area (Å²) in [6, 6.07) is 3.87. The van der Waals surface area contributed by atoms with E-state index in [0.29, 0.717) is 5.89 Å². The average Bonchev–Trinajstić information content (AvgIpc) is 3.17. The summed E-state index contributed by atoms with van der Waals surface area (Å²) in [7, 11) is 0. The van der Waals surface area contributed by atoms with Crippen molar-refractivity contribution in [3.05, 3.63) is 29.8 Å². The van der Waals surface area contributed by atoms with Gasteiger partial charge in [-0.15, -0.1) is 0 Å². The monoisotopic (exact) mass is 367 g/mol. The lowest BCUT2D eigenvalue weighted by Gasteiger charge is -2.09. The highest BCUT2D eigenvalue weighted by molar-refractivity contribution is 6.19. The van der Waals surface area contributed by atoms with E-state index in [1.165, 1.54) is 0 Å². The summed E-state index contributed by atoms with van der Waals surface area (Å²) in [6.45, 7) is 9.47. The third-order valence-corrected chi connectivity index (χ3v) is 4.38. The van der Waals surface area contributed by atoms with Gasteiger partial charge in [0.05, 0.1) is 17.8 Å². The number of hydrogen-bond donors (Lipinski definition) is 1. The van der Waals surface area contributed by atoms with Crippen LogP contribution in [0.1, 0.15) is 45.1 Å². The highest BCUT2D eigenvalue weighted by Gasteiger charge is 2.20. The maximum absolute atomic E-state index is 11.9. The van der Waals surface area contributed by atoms with Crippen LogP contribution in [0.25, 0.3) is 32.9 Å². The molecule has 7 heteroatoms. The SMILES string of the molecule is Cc1c(OC(=O)OC(C)C)ncc2[nH]c3ccc4oc(C(C)C)nc4c3c12. The highest BCUT2D eigenvalue weighted by atomic mass is 16.7. The lowest BCUT2D eigenvalue weighted by molar-refractivity contribution is 0.0714. The summed E-state index contributed by atoms with van der Waals surface area (Å²) in [5.41, 5.74) is 4.01. The summed E-state index contributed by atoms with van der Waals surface area (Å²) in [5, 5.41) is 1.83. The lowest BCUT2D eigenvalue weighted by Crippen LogP contribution is -2.16. The molecule has 140 valence electrons. The molecule has 1 N–H and O–H groups in total. The normalized spacial score (nSPS) is 12.0. The molecule has 0 atom stereocenters. The van der Waals surface area contributed by atoms with Gasteiger partial charge in [0.2, 0.25) is 5.88 Å². The van der Waals surface area contributed by atoms with E-state index in [-0.39, 0.29) is 17.9 Å². The first-order valence-electron chi connectivity index (χ1n) is 8.94. The molecule has 0 amide bonds. The number of nitrogens with zero attached hydrogens (tertiary/aromatic N) is 2. The summed E-state index contributed by atoms with van der Waals surface area (Å²) in [5.74, 6) is 1.10. The second-order valence-corrected chi connectivity index (χ2v) is 7.16. The predicted octanol–water partition coefficient (Wildman–Crippen LogP) is 5.21. The zero-order valence-electron chi connectivity index (χ0n) is 15.9. The lowest BCUT2D eigenvalue weighted by atomic mass is 10.1. The third-order valence-electron chi connectivity index (χ3n) is 4.38. The summed E-state index contributed by atoms with van der Waals surface area (Å²) in [4.78, 5) is 24.2. The number of fused-ring (bicyclic) bond motifs is 5. The maximum Gasteiger partial charge on any atom is 0.515 e. The molecular formula is C20H21N3O4. The van der Waals surface area contributed by atoms with Gasteiger partial charge in [-0.2, -0.15) is 0 Å². The first-order valence-corrected chi connectivity index (χ1v) is 8.94. The Morgan fingerprint density at radius 2 is 1.93 bits per heavy atom. The van der Waals surface area contributed by atoms with Gasteiger partial charge < -0.3 is 18.9 Å². The smallest absolute Gasteiger partial charge is 0.440 e. The number of benzene rings is 1. The number of hydrogen-bond acceptors (Lipinski definition) is 6. The number of rotatable bonds is 3. The van der Waals surface area contributed by atoms with Crippen LogP contribution in [-0.4, -0.2) is 27.2 Å². The highest BCUT2D eigenvalue weighted by Crippen LogP contribution is 2.37. The Kier molecular flexibility index (Phi) is 4.02. The van der Waals surface area contributed by atoms with Gasteiger partial charge >= 0.3 is 6.16 Å². The number of oxazole rings is 1. The fraction of sp³-hybridized carbons (Fsp3) is 0.350. The van der Waals surface area contributed by atoms with E-state index in [1.54, 1.807) is 20.0 Å². The molecule has 0 saturated carbocycles. The van der Waals surface area contributed by atoms with Crippen molar-refractivity contribution in [1.82, 2.24) is 15.0 Å². The minimum Gasteiger partial charge on any atom is -0.440 e. The number of carbonyl (C=O) groups excluding carboxylic acids is 1. The zero-order valence-corrected chi connectivity index (χ0v) is 15.9. The van der Waals surface area contributed by atoms with E-state index in [9.17, 15) is 4.79 Å². The van der Waals surface area contributed by atoms with Crippen LogP contribution in [0.5, 0.6) is 5.88 Å². The largest absolute Gasteiger partial charge is 0.515 e. The third kappa shape index (κ3) is 2.89. The van der Waals surface area contributed by atoms with Gasteiger partial charge in [-0.05, 0) is 32.9 Å². The molecule has 0 aliphatic carbocycles. The molecule has 0 aliphatic rings. The van der Waals surface area contributed by atoms with Crippen LogP contribution >= 0.6 is 0 Å². The van der Waals surface area contributed by atoms with Crippen molar-refractivity contribution in [2.45, 2.75) is 46.6 Å². The van der Waals surface area contributed by atoms with Crippen molar-refractivity contribution in [3.8, 4) is 5.88 Å². The molecule has 0 aliphatic heterocycles. The van der Waals surface area contributed by atoms with Gasteiger partial charge in [-0.1, -0.05) is 13.8 Å². The Hall–Kier alpha value is -3.09. The Morgan fingerprint density at radius 3 is 2.63 bits per heavy atom. The van der Waals surface area contributed by atoms with E-state index in [4.69, 9.17) is 18.9 Å². The molecule has 1 aromatic carbocycles. The van der Waals surface area contributed by atoms with Gasteiger partial charge in [0.25, 0.3) is 0 Å². The second kappa shape index (κ2) is 6.26. The molecule has 3 aromatic heterocycles. The quantitative estimate of drug-likeness (QED) is 0.500. The van der Waals surface area contributed by atoms with Crippen LogP contribution in [0.3, 0.4) is 0 Å². The van der Waals surface area contributed by atoms with Crippen molar-refractivity contribution in [2.75, 3.05) is 0 Å². The molecule has 7 nitrogen and oxygen atoms in total. The van der Waals surface area contributed by atoms with Crippen molar-refractivity contribution >= 4 is 39.1 Å². The minimum absolute atomic E-state index is 0.185. The van der Waals surface area contributed by atoms with Crippen LogP contribution < -0.4 is 4.74 Å². The topological polar surface area (TPSA) is 90.2 Å². The molecule has 4 rings (SSSR count). The Bertz CT molecular complexity index is 1170. The zero-order chi connectivity index (χ0) is 19.3. The molecule has 0 unspecified atom stereocenters. The van der Waals surface area contributed by atoms with E-state index in [2.05, 4.69) is 9.97 Å². The average molecular weight is 367 g/mol. The number of aromatic amines is 1. The Labute approximate surface area is 155 Å². The molecule has 0 fully saturated rings. The maximum atomic E-state index is 11.9. The second-order valence-electron chi connectivity index (χ2n) is 7.16. The molecular weight excluding hydrogens is 346 g/mol. The van der Waals surface area contributed by atoms with Gasteiger partial charge in [-0.25, -0.2) is 14.8 Å². The van der Waals surface area contributed by atoms with Crippen LogP contribution in [-0.2, 0) is 4.74 Å². The number of carbonyl (C=O) groups is 1. The van der Waals surface area contributed by atoms with Crippen molar-refractivity contribution in [1.29, 1.82) is 0 Å². The Balaban J connectivity index is 1.93. The molecule has 0 spiro atoms. The number of ether oxygens (including phenoxy) is 2. The standard InChI is InChI=1S/C20H21N3O4/c1-9(2)18-23-17-14(26-18)7-6-12-16(17)15-11(5)19(21-8-13(15)22-12)27-20(24)25-10(3)4/h6-10,22H,1-5H3. The summed E-state index contributed by atoms with van der Waals surface area (Å²) in [6.07, 6.45) is 0.614. The summed E-state index contributed by atoms with van der Waals surface area (Å²) < 4.78 is 16.2. The van der Waals surface area contributed by atoms with Gasteiger partial charge in [-0.3, -0.25) is 0 Å². The van der Waals surface area contributed by atoms with Gasteiger partial charge in [0.1, 0.15) is 5.52 Å². The van der Waals surface area contributed by atoms with Crippen LogP contribution in [0.2, 0.25) is 0 Å². The molecule has 27 heavy (non-hydrogen) atoms. The van der Waals surface area contributed by atoms with Crippen molar-refractivity contribution in [3.63, 3.8) is 0 Å². The molecule has 3 heterocycles. The van der Waals surface area contributed by atoms with Gasteiger partial charge in [0.15, 0.2) is 11.5 Å². The van der Waals surface area contributed by atoms with Crippen LogP contribution in [0, 0.1) is 6.92 Å². The van der Waals surface area contributed by atoms with Crippen molar-refractivity contribution < 1.29 is 18.7 Å². The van der Waals surface area contributed by atoms with E-state index in [1.807, 2.05) is 32.9 Å². The molecule has 0 saturated heterocycles. The number of aryl methyl sites for hydroxylation is 1. The fourth-order valence-electron chi connectivity index (χ4n) is 3.17. The summed E-state index contributed by atoms with van der Waals surface area (Å²) >= 11 is 0. The number of H-pyrrole nitrogens is 1. The van der Waals surface area contributed by atoms with Crippen LogP contribution in [0.15, 0.2) is 22.7 Å². The molecule has 0 bridgehead atoms.